The van der Waals surface area contributed by atoms with E-state index in [-0.39, 0.29) is 13.2 Å². The van der Waals surface area contributed by atoms with Gasteiger partial charge < -0.3 is 24.7 Å². The number of fused-ring (bicyclic) bond motifs is 1. The van der Waals surface area contributed by atoms with Crippen LogP contribution in [0.25, 0.3) is 0 Å². The van der Waals surface area contributed by atoms with Crippen molar-refractivity contribution in [3.8, 4) is 0 Å². The van der Waals surface area contributed by atoms with Crippen LogP contribution in [0.15, 0.2) is 0 Å². The molecule has 2 fully saturated rings. The van der Waals surface area contributed by atoms with Gasteiger partial charge in [0.05, 0.1) is 19.3 Å². The van der Waals surface area contributed by atoms with E-state index >= 15 is 0 Å². The number of hydrogen-bond donors (Lipinski definition) is 2. The molecule has 0 unspecified atom stereocenters. The first-order chi connectivity index (χ1) is 8.11. The molecule has 0 aliphatic carbocycles. The second-order valence-corrected chi connectivity index (χ2v) is 3.80. The van der Waals surface area contributed by atoms with E-state index in [1.165, 1.54) is 0 Å². The number of hydrogen-bond acceptors (Lipinski definition) is 7. The average Bonchev–Trinajstić information content (AvgIpc) is 2.83. The quantitative estimate of drug-likeness (QED) is 0.429. The zero-order chi connectivity index (χ0) is 12.4. The van der Waals surface area contributed by atoms with Crippen LogP contribution in [0.2, 0.25) is 0 Å². The molecule has 9 heteroatoms. The second-order valence-electron chi connectivity index (χ2n) is 3.80. The third-order valence-electron chi connectivity index (χ3n) is 2.72. The molecule has 2 rings (SSSR count). The normalized spacial score (nSPS) is 35.4. The van der Waals surface area contributed by atoms with E-state index in [2.05, 4.69) is 10.2 Å². The summed E-state index contributed by atoms with van der Waals surface area (Å²) in [6, 6.07) is -0.417. The number of nitrogens with zero attached hydrogens (tertiary/aromatic N) is 1. The van der Waals surface area contributed by atoms with Crippen LogP contribution in [0.4, 0.5) is 0 Å². The van der Waals surface area contributed by atoms with Crippen molar-refractivity contribution >= 4 is 5.91 Å². The Morgan fingerprint density at radius 1 is 1.47 bits per heavy atom. The van der Waals surface area contributed by atoms with Crippen molar-refractivity contribution in [1.29, 1.82) is 0 Å². The maximum absolute atomic E-state index is 11.0. The number of ether oxygens (including phenoxy) is 2. The predicted octanol–water partition coefficient (Wildman–Crippen LogP) is -2.16. The van der Waals surface area contributed by atoms with E-state index in [1.807, 2.05) is 0 Å². The predicted molar refractivity (Wildman–Crippen MR) is 50.4 cm³/mol. The van der Waals surface area contributed by atoms with Gasteiger partial charge in [0, 0.05) is 0 Å². The molecule has 0 saturated carbocycles. The Kier molecular flexibility index (Phi) is 3.41. The molecule has 0 radical (unpaired) electrons. The lowest BCUT2D eigenvalue weighted by Gasteiger charge is -2.16. The molecule has 2 aliphatic heterocycles. The van der Waals surface area contributed by atoms with Crippen molar-refractivity contribution in [3.05, 3.63) is 10.1 Å². The van der Waals surface area contributed by atoms with Gasteiger partial charge in [0.1, 0.15) is 18.8 Å². The lowest BCUT2D eigenvalue weighted by molar-refractivity contribution is -0.769. The third kappa shape index (κ3) is 2.46. The minimum Gasteiger partial charge on any atom is -0.387 e. The van der Waals surface area contributed by atoms with Gasteiger partial charge in [-0.1, -0.05) is 0 Å². The van der Waals surface area contributed by atoms with Crippen molar-refractivity contribution in [2.24, 2.45) is 0 Å². The van der Waals surface area contributed by atoms with Gasteiger partial charge in [-0.2, -0.15) is 0 Å². The molecule has 0 spiro atoms. The zero-order valence-electron chi connectivity index (χ0n) is 8.77. The summed E-state index contributed by atoms with van der Waals surface area (Å²) in [4.78, 5) is 25.6. The summed E-state index contributed by atoms with van der Waals surface area (Å²) in [7, 11) is 0. The maximum atomic E-state index is 11.0. The van der Waals surface area contributed by atoms with Crippen LogP contribution in [0.1, 0.15) is 0 Å². The molecule has 2 N–H and O–H groups in total. The summed E-state index contributed by atoms with van der Waals surface area (Å²) in [6.07, 6.45) is -1.81. The summed E-state index contributed by atoms with van der Waals surface area (Å²) < 4.78 is 10.6. The molecule has 2 saturated heterocycles. The lowest BCUT2D eigenvalue weighted by Crippen LogP contribution is -2.45. The Hall–Kier alpha value is -1.45. The molecule has 4 atom stereocenters. The van der Waals surface area contributed by atoms with E-state index in [1.54, 1.807) is 0 Å². The minimum atomic E-state index is -0.889. The van der Waals surface area contributed by atoms with E-state index in [0.717, 1.165) is 0 Å². The Bertz CT molecular complexity index is 323. The zero-order valence-corrected chi connectivity index (χ0v) is 8.77. The molecular formula is C8H12N2O7. The number of aliphatic hydroxyl groups excluding tert-OH is 1. The number of nitrogens with one attached hydrogen (secondary N) is 1. The summed E-state index contributed by atoms with van der Waals surface area (Å²) in [5.74, 6) is -0.540. The van der Waals surface area contributed by atoms with Crippen LogP contribution in [0.3, 0.4) is 0 Å². The van der Waals surface area contributed by atoms with Crippen molar-refractivity contribution in [2.75, 3.05) is 19.8 Å². The van der Waals surface area contributed by atoms with E-state index in [9.17, 15) is 14.9 Å². The first-order valence-electron chi connectivity index (χ1n) is 5.06. The van der Waals surface area contributed by atoms with Crippen LogP contribution in [-0.4, -0.2) is 60.3 Å². The van der Waals surface area contributed by atoms with Gasteiger partial charge in [-0.3, -0.25) is 4.79 Å². The average molecular weight is 248 g/mol. The lowest BCUT2D eigenvalue weighted by atomic mass is 10.1. The van der Waals surface area contributed by atoms with Crippen molar-refractivity contribution in [2.45, 2.75) is 24.4 Å². The number of carbonyl (C=O) groups excluding carboxylic acids is 1. The van der Waals surface area contributed by atoms with Crippen LogP contribution in [0.5, 0.6) is 0 Å². The van der Waals surface area contributed by atoms with Crippen LogP contribution >= 0.6 is 0 Å². The van der Waals surface area contributed by atoms with E-state index in [4.69, 9.17) is 14.6 Å². The third-order valence-corrected chi connectivity index (χ3v) is 2.72. The fourth-order valence-electron chi connectivity index (χ4n) is 2.04. The number of rotatable bonds is 4. The van der Waals surface area contributed by atoms with Gasteiger partial charge in [-0.15, -0.1) is 10.1 Å². The number of aliphatic hydroxyl groups is 1. The molecule has 2 heterocycles. The van der Waals surface area contributed by atoms with Gasteiger partial charge in [0.25, 0.3) is 5.09 Å². The molecule has 17 heavy (non-hydrogen) atoms. The molecule has 96 valence electrons. The Balaban J connectivity index is 1.92. The molecule has 0 aromatic carbocycles. The van der Waals surface area contributed by atoms with Gasteiger partial charge in [0.15, 0.2) is 6.10 Å². The van der Waals surface area contributed by atoms with Gasteiger partial charge in [-0.05, 0) is 0 Å². The molecule has 0 aromatic rings. The largest absolute Gasteiger partial charge is 0.387 e. The monoisotopic (exact) mass is 248 g/mol. The highest BCUT2D eigenvalue weighted by Crippen LogP contribution is 2.28. The van der Waals surface area contributed by atoms with Crippen molar-refractivity contribution in [1.82, 2.24) is 5.32 Å². The molecule has 2 aliphatic rings. The second kappa shape index (κ2) is 4.82. The summed E-state index contributed by atoms with van der Waals surface area (Å²) in [5, 5.41) is 20.4. The minimum absolute atomic E-state index is 0.0435. The molecule has 0 aromatic heterocycles. The van der Waals surface area contributed by atoms with Gasteiger partial charge in [-0.25, -0.2) is 0 Å². The van der Waals surface area contributed by atoms with Crippen LogP contribution < -0.4 is 5.32 Å². The first-order valence-corrected chi connectivity index (χ1v) is 5.06. The number of carbonyl (C=O) groups is 1. The van der Waals surface area contributed by atoms with Crippen molar-refractivity contribution in [3.63, 3.8) is 0 Å². The van der Waals surface area contributed by atoms with Gasteiger partial charge >= 0.3 is 0 Å². The highest BCUT2D eigenvalue weighted by Gasteiger charge is 2.49. The molecular weight excluding hydrogens is 236 g/mol. The number of amides is 1. The topological polar surface area (TPSA) is 120 Å². The Labute approximate surface area is 95.7 Å². The standard InChI is InChI=1S/C8H12N2O7/c11-1-6(12)9-4-2-15-8-5(17-10(13)14)3-16-7(4)8/h4-5,7-8,11H,1-3H2,(H,9,12)/t4-,5+,7-,8-/m1/s1. The van der Waals surface area contributed by atoms with Crippen LogP contribution in [0, 0.1) is 10.1 Å². The highest BCUT2D eigenvalue weighted by atomic mass is 17.0. The molecule has 1 amide bonds. The van der Waals surface area contributed by atoms with E-state index < -0.39 is 42.0 Å². The summed E-state index contributed by atoms with van der Waals surface area (Å²) in [5.41, 5.74) is 0. The Morgan fingerprint density at radius 3 is 2.82 bits per heavy atom. The smallest absolute Gasteiger partial charge is 0.294 e. The van der Waals surface area contributed by atoms with Gasteiger partial charge in [0.2, 0.25) is 5.91 Å². The SMILES string of the molecule is O=C(CO)N[C@@H]1CO[C@H]2[C@@H]1OC[C@@H]2O[N+](=O)[O-]. The first kappa shape index (κ1) is 12.0. The fraction of sp³-hybridized carbons (Fsp3) is 0.875. The fourth-order valence-corrected chi connectivity index (χ4v) is 2.04. The van der Waals surface area contributed by atoms with Crippen molar-refractivity contribution < 1.29 is 29.3 Å². The molecule has 0 bridgehead atoms. The van der Waals surface area contributed by atoms with Crippen LogP contribution in [-0.2, 0) is 19.1 Å². The van der Waals surface area contributed by atoms with E-state index in [0.29, 0.717) is 0 Å². The summed E-state index contributed by atoms with van der Waals surface area (Å²) >= 11 is 0. The molecule has 9 nitrogen and oxygen atoms in total. The highest BCUT2D eigenvalue weighted by molar-refractivity contribution is 5.77. The summed E-state index contributed by atoms with van der Waals surface area (Å²) in [6.45, 7) is -0.400. The maximum Gasteiger partial charge on any atom is 0.294 e. The Morgan fingerprint density at radius 2 is 2.18 bits per heavy atom.